The smallest absolute Gasteiger partial charge is 0.260 e. The first kappa shape index (κ1) is 20.1. The van der Waals surface area contributed by atoms with Crippen molar-refractivity contribution in [3.63, 3.8) is 0 Å². The van der Waals surface area contributed by atoms with Crippen molar-refractivity contribution in [1.29, 1.82) is 0 Å². The third kappa shape index (κ3) is 3.85. The molecular formula is C22H21N5O4. The number of nitrogens with zero attached hydrogens (tertiary/aromatic N) is 3. The maximum atomic E-state index is 13.0. The zero-order valence-electron chi connectivity index (χ0n) is 17.3. The van der Waals surface area contributed by atoms with Gasteiger partial charge in [0, 0.05) is 17.3 Å². The summed E-state index contributed by atoms with van der Waals surface area (Å²) in [5.74, 6) is 1.05. The van der Waals surface area contributed by atoms with E-state index >= 15 is 0 Å². The van der Waals surface area contributed by atoms with E-state index in [1.165, 1.54) is 18.1 Å². The van der Waals surface area contributed by atoms with Crippen molar-refractivity contribution in [2.24, 2.45) is 0 Å². The Morgan fingerprint density at radius 1 is 1.26 bits per heavy atom. The SMILES string of the molecule is CCc1c(C)nc(-n2nc(-c3ccco3)cc2NC(=O)c2ccccc2OC)[nH]c1=O. The lowest BCUT2D eigenvalue weighted by atomic mass is 10.2. The number of rotatable bonds is 6. The highest BCUT2D eigenvalue weighted by atomic mass is 16.5. The number of H-pyrrole nitrogens is 1. The van der Waals surface area contributed by atoms with E-state index in [9.17, 15) is 9.59 Å². The lowest BCUT2D eigenvalue weighted by molar-refractivity contribution is 0.102. The number of nitrogens with one attached hydrogen (secondary N) is 2. The van der Waals surface area contributed by atoms with E-state index in [1.54, 1.807) is 49.4 Å². The van der Waals surface area contributed by atoms with Crippen molar-refractivity contribution in [3.8, 4) is 23.2 Å². The highest BCUT2D eigenvalue weighted by Crippen LogP contribution is 2.25. The van der Waals surface area contributed by atoms with Crippen LogP contribution in [0.2, 0.25) is 0 Å². The summed E-state index contributed by atoms with van der Waals surface area (Å²) in [6.45, 7) is 3.66. The van der Waals surface area contributed by atoms with E-state index in [0.29, 0.717) is 46.3 Å². The van der Waals surface area contributed by atoms with Crippen LogP contribution in [0.15, 0.2) is 57.9 Å². The molecule has 0 saturated heterocycles. The number of carbonyl (C=O) groups is 1. The number of furan rings is 1. The number of aryl methyl sites for hydroxylation is 1. The van der Waals surface area contributed by atoms with Gasteiger partial charge in [-0.25, -0.2) is 4.98 Å². The number of para-hydroxylation sites is 1. The molecular weight excluding hydrogens is 398 g/mol. The molecule has 2 N–H and O–H groups in total. The standard InChI is InChI=1S/C22H21N5O4/c1-4-14-13(2)23-22(25-20(14)28)27-19(12-16(26-27)18-10-7-11-31-18)24-21(29)15-8-5-6-9-17(15)30-3/h5-12H,4H2,1-3H3,(H,24,29)(H,23,25,28). The summed E-state index contributed by atoms with van der Waals surface area (Å²) in [6, 6.07) is 12.0. The molecule has 0 atom stereocenters. The lowest BCUT2D eigenvalue weighted by Crippen LogP contribution is -2.22. The van der Waals surface area contributed by atoms with Crippen LogP contribution < -0.4 is 15.6 Å². The Bertz CT molecular complexity index is 1290. The Hall–Kier alpha value is -4.14. The normalized spacial score (nSPS) is 10.8. The average molecular weight is 419 g/mol. The van der Waals surface area contributed by atoms with Gasteiger partial charge in [0.15, 0.2) is 5.76 Å². The van der Waals surface area contributed by atoms with E-state index < -0.39 is 5.91 Å². The predicted octanol–water partition coefficient (Wildman–Crippen LogP) is 3.35. The van der Waals surface area contributed by atoms with Crippen molar-refractivity contribution in [2.45, 2.75) is 20.3 Å². The second-order valence-corrected chi connectivity index (χ2v) is 6.77. The summed E-state index contributed by atoms with van der Waals surface area (Å²) in [5, 5.41) is 7.32. The number of anilines is 1. The topological polar surface area (TPSA) is 115 Å². The number of aromatic amines is 1. The van der Waals surface area contributed by atoms with Crippen LogP contribution in [-0.4, -0.2) is 32.8 Å². The van der Waals surface area contributed by atoms with Gasteiger partial charge in [0.05, 0.1) is 18.9 Å². The molecule has 0 spiro atoms. The van der Waals surface area contributed by atoms with Crippen LogP contribution in [0.5, 0.6) is 5.75 Å². The number of ether oxygens (including phenoxy) is 1. The van der Waals surface area contributed by atoms with E-state index in [2.05, 4.69) is 20.4 Å². The summed E-state index contributed by atoms with van der Waals surface area (Å²) >= 11 is 0. The van der Waals surface area contributed by atoms with Crippen molar-refractivity contribution in [1.82, 2.24) is 19.7 Å². The number of carbonyl (C=O) groups excluding carboxylic acids is 1. The molecule has 0 radical (unpaired) electrons. The summed E-state index contributed by atoms with van der Waals surface area (Å²) in [6.07, 6.45) is 2.09. The molecule has 31 heavy (non-hydrogen) atoms. The van der Waals surface area contributed by atoms with Gasteiger partial charge in [-0.15, -0.1) is 0 Å². The molecule has 1 aromatic carbocycles. The number of benzene rings is 1. The van der Waals surface area contributed by atoms with Crippen molar-refractivity contribution in [2.75, 3.05) is 12.4 Å². The first-order valence-electron chi connectivity index (χ1n) is 9.70. The zero-order valence-corrected chi connectivity index (χ0v) is 17.3. The quantitative estimate of drug-likeness (QED) is 0.495. The molecule has 0 bridgehead atoms. The van der Waals surface area contributed by atoms with Crippen molar-refractivity contribution in [3.05, 3.63) is 75.9 Å². The van der Waals surface area contributed by atoms with Gasteiger partial charge in [-0.1, -0.05) is 19.1 Å². The molecule has 1 amide bonds. The number of hydrogen-bond donors (Lipinski definition) is 2. The average Bonchev–Trinajstić information content (AvgIpc) is 3.43. The molecule has 0 aliphatic heterocycles. The molecule has 158 valence electrons. The van der Waals surface area contributed by atoms with Gasteiger partial charge in [0.2, 0.25) is 5.95 Å². The minimum absolute atomic E-state index is 0.188. The first-order valence-corrected chi connectivity index (χ1v) is 9.70. The fourth-order valence-corrected chi connectivity index (χ4v) is 3.30. The van der Waals surface area contributed by atoms with Crippen LogP contribution >= 0.6 is 0 Å². The fraction of sp³-hybridized carbons (Fsp3) is 0.182. The van der Waals surface area contributed by atoms with Crippen LogP contribution in [-0.2, 0) is 6.42 Å². The Labute approximate surface area is 177 Å². The second kappa shape index (κ2) is 8.31. The third-order valence-electron chi connectivity index (χ3n) is 4.84. The Morgan fingerprint density at radius 3 is 2.74 bits per heavy atom. The minimum atomic E-state index is -0.395. The maximum Gasteiger partial charge on any atom is 0.260 e. The molecule has 3 aromatic heterocycles. The summed E-state index contributed by atoms with van der Waals surface area (Å²) < 4.78 is 12.1. The van der Waals surface area contributed by atoms with Crippen LogP contribution in [0.3, 0.4) is 0 Å². The van der Waals surface area contributed by atoms with Crippen LogP contribution in [0, 0.1) is 6.92 Å². The zero-order chi connectivity index (χ0) is 22.0. The van der Waals surface area contributed by atoms with Gasteiger partial charge in [0.1, 0.15) is 17.3 Å². The lowest BCUT2D eigenvalue weighted by Gasteiger charge is -2.11. The van der Waals surface area contributed by atoms with E-state index in [0.717, 1.165) is 0 Å². The van der Waals surface area contributed by atoms with Crippen LogP contribution in [0.1, 0.15) is 28.5 Å². The summed E-state index contributed by atoms with van der Waals surface area (Å²) in [5.41, 5.74) is 1.78. The molecule has 0 aliphatic rings. The second-order valence-electron chi connectivity index (χ2n) is 6.77. The monoisotopic (exact) mass is 419 g/mol. The van der Waals surface area contributed by atoms with Crippen LogP contribution in [0.4, 0.5) is 5.82 Å². The highest BCUT2D eigenvalue weighted by Gasteiger charge is 2.20. The number of methoxy groups -OCH3 is 1. The van der Waals surface area contributed by atoms with Gasteiger partial charge in [0.25, 0.3) is 11.5 Å². The Morgan fingerprint density at radius 2 is 2.06 bits per heavy atom. The van der Waals surface area contributed by atoms with Crippen LogP contribution in [0.25, 0.3) is 17.4 Å². The first-order chi connectivity index (χ1) is 15.0. The molecule has 4 rings (SSSR count). The summed E-state index contributed by atoms with van der Waals surface area (Å²) in [4.78, 5) is 32.7. The van der Waals surface area contributed by atoms with Gasteiger partial charge in [-0.05, 0) is 37.6 Å². The van der Waals surface area contributed by atoms with Gasteiger partial charge < -0.3 is 14.5 Å². The molecule has 9 heteroatoms. The van der Waals surface area contributed by atoms with Gasteiger partial charge in [-0.2, -0.15) is 9.78 Å². The van der Waals surface area contributed by atoms with Gasteiger partial charge >= 0.3 is 0 Å². The molecule has 3 heterocycles. The summed E-state index contributed by atoms with van der Waals surface area (Å²) in [7, 11) is 1.50. The van der Waals surface area contributed by atoms with Crippen molar-refractivity contribution >= 4 is 11.7 Å². The molecule has 0 fully saturated rings. The molecule has 0 saturated carbocycles. The minimum Gasteiger partial charge on any atom is -0.496 e. The number of aromatic nitrogens is 4. The van der Waals surface area contributed by atoms with E-state index in [-0.39, 0.29) is 11.5 Å². The maximum absolute atomic E-state index is 13.0. The molecule has 0 aliphatic carbocycles. The molecule has 9 nitrogen and oxygen atoms in total. The van der Waals surface area contributed by atoms with E-state index in [4.69, 9.17) is 9.15 Å². The number of hydrogen-bond acceptors (Lipinski definition) is 6. The Balaban J connectivity index is 1.80. The fourth-order valence-electron chi connectivity index (χ4n) is 3.30. The van der Waals surface area contributed by atoms with Gasteiger partial charge in [-0.3, -0.25) is 14.6 Å². The predicted molar refractivity (Wildman–Crippen MR) is 115 cm³/mol. The van der Waals surface area contributed by atoms with E-state index in [1.807, 2.05) is 6.92 Å². The molecule has 0 unspecified atom stereocenters. The number of amides is 1. The highest BCUT2D eigenvalue weighted by molar-refractivity contribution is 6.06. The van der Waals surface area contributed by atoms with Crippen molar-refractivity contribution < 1.29 is 13.9 Å². The Kier molecular flexibility index (Phi) is 5.40. The molecule has 4 aromatic rings. The largest absolute Gasteiger partial charge is 0.496 e. The third-order valence-corrected chi connectivity index (χ3v) is 4.84.